The number of benzene rings is 2. The number of carboxylic acids is 1. The highest BCUT2D eigenvalue weighted by Gasteiger charge is 2.22. The number of carbonyl (C=O) groups is 2. The second-order valence-electron chi connectivity index (χ2n) is 5.67. The Bertz CT molecular complexity index is 938. The summed E-state index contributed by atoms with van der Waals surface area (Å²) in [6, 6.07) is 16.7. The Balaban J connectivity index is 0.00000136. The van der Waals surface area contributed by atoms with Gasteiger partial charge in [-0.3, -0.25) is 4.79 Å². The number of anilines is 1. The minimum Gasteiger partial charge on any atom is -0.478 e. The molecular formula is C22H22ClNO3S. The van der Waals surface area contributed by atoms with Gasteiger partial charge in [0.25, 0.3) is 0 Å². The van der Waals surface area contributed by atoms with E-state index >= 15 is 0 Å². The molecule has 28 heavy (non-hydrogen) atoms. The van der Waals surface area contributed by atoms with Crippen molar-refractivity contribution in [2.45, 2.75) is 26.7 Å². The number of hydrogen-bond donors (Lipinski definition) is 2. The molecule has 0 saturated heterocycles. The summed E-state index contributed by atoms with van der Waals surface area (Å²) in [4.78, 5) is 24.5. The third-order valence-electron chi connectivity index (χ3n) is 3.88. The lowest BCUT2D eigenvalue weighted by Gasteiger charge is -2.07. The first kappa shape index (κ1) is 21.7. The molecule has 6 heteroatoms. The molecule has 0 radical (unpaired) electrons. The number of thiophene rings is 1. The molecule has 0 aliphatic carbocycles. The molecule has 0 spiro atoms. The van der Waals surface area contributed by atoms with E-state index in [0.717, 1.165) is 5.56 Å². The van der Waals surface area contributed by atoms with Crippen LogP contribution in [0.1, 0.15) is 36.2 Å². The number of hydrogen-bond acceptors (Lipinski definition) is 3. The summed E-state index contributed by atoms with van der Waals surface area (Å²) < 4.78 is 0. The van der Waals surface area contributed by atoms with Crippen LogP contribution in [0.5, 0.6) is 0 Å². The molecule has 0 fully saturated rings. The summed E-state index contributed by atoms with van der Waals surface area (Å²) in [5.74, 6) is -1.32. The van der Waals surface area contributed by atoms with Gasteiger partial charge in [0, 0.05) is 22.4 Å². The van der Waals surface area contributed by atoms with Gasteiger partial charge < -0.3 is 10.4 Å². The van der Waals surface area contributed by atoms with E-state index in [9.17, 15) is 14.7 Å². The number of nitrogens with one attached hydrogen (secondary N) is 1. The second-order valence-corrected chi connectivity index (χ2v) is 6.96. The fourth-order valence-corrected chi connectivity index (χ4v) is 3.94. The summed E-state index contributed by atoms with van der Waals surface area (Å²) in [6.07, 6.45) is 0.872. The minimum absolute atomic E-state index is 0.0659. The van der Waals surface area contributed by atoms with Crippen LogP contribution in [0.2, 0.25) is 5.02 Å². The minimum atomic E-state index is -1.10. The van der Waals surface area contributed by atoms with Crippen LogP contribution in [0, 0.1) is 0 Å². The number of aromatic carboxylic acids is 1. The van der Waals surface area contributed by atoms with Gasteiger partial charge in [-0.2, -0.15) is 0 Å². The fourth-order valence-electron chi connectivity index (χ4n) is 2.62. The van der Waals surface area contributed by atoms with Crippen molar-refractivity contribution in [1.82, 2.24) is 0 Å². The number of halogens is 1. The van der Waals surface area contributed by atoms with Crippen LogP contribution in [-0.4, -0.2) is 17.0 Å². The monoisotopic (exact) mass is 415 g/mol. The molecule has 4 nitrogen and oxygen atoms in total. The first-order chi connectivity index (χ1) is 13.6. The third kappa shape index (κ3) is 5.44. The molecule has 0 aliphatic rings. The van der Waals surface area contributed by atoms with Crippen molar-refractivity contribution in [2.24, 2.45) is 0 Å². The topological polar surface area (TPSA) is 66.4 Å². The van der Waals surface area contributed by atoms with Crippen molar-refractivity contribution >= 4 is 40.5 Å². The number of carbonyl (C=O) groups excluding carboxylic acids is 1. The molecule has 1 aromatic heterocycles. The fraction of sp³-hybridized carbons (Fsp3) is 0.182. The third-order valence-corrected chi connectivity index (χ3v) is 5.22. The highest BCUT2D eigenvalue weighted by molar-refractivity contribution is 7.14. The van der Waals surface area contributed by atoms with Gasteiger partial charge in [0.05, 0.1) is 10.6 Å². The standard InChI is InChI=1S/C20H16ClNO3S.C2H6/c21-15-9-5-4-8-14(15)19-18(20(24)25)16(12-26-19)22-17(23)11-10-13-6-2-1-3-7-13;1-2/h1-9,12H,10-11H2,(H,22,23)(H,24,25);1-2H3. The van der Waals surface area contributed by atoms with Crippen molar-refractivity contribution in [3.63, 3.8) is 0 Å². The molecule has 3 aromatic rings. The van der Waals surface area contributed by atoms with Gasteiger partial charge in [-0.25, -0.2) is 4.79 Å². The highest BCUT2D eigenvalue weighted by atomic mass is 35.5. The molecule has 146 valence electrons. The molecule has 0 unspecified atom stereocenters. The number of amides is 1. The van der Waals surface area contributed by atoms with E-state index in [-0.39, 0.29) is 17.9 Å². The lowest BCUT2D eigenvalue weighted by Crippen LogP contribution is -2.14. The van der Waals surface area contributed by atoms with Crippen molar-refractivity contribution in [3.05, 3.63) is 76.1 Å². The summed E-state index contributed by atoms with van der Waals surface area (Å²) in [5, 5.41) is 14.5. The molecular weight excluding hydrogens is 394 g/mol. The van der Waals surface area contributed by atoms with Crippen molar-refractivity contribution in [3.8, 4) is 10.4 Å². The lowest BCUT2D eigenvalue weighted by molar-refractivity contribution is -0.116. The van der Waals surface area contributed by atoms with E-state index in [0.29, 0.717) is 27.6 Å². The second kappa shape index (κ2) is 10.6. The van der Waals surface area contributed by atoms with Crippen molar-refractivity contribution < 1.29 is 14.7 Å². The molecule has 3 rings (SSSR count). The van der Waals surface area contributed by atoms with Crippen LogP contribution >= 0.6 is 22.9 Å². The first-order valence-corrected chi connectivity index (χ1v) is 10.3. The molecule has 0 bridgehead atoms. The summed E-state index contributed by atoms with van der Waals surface area (Å²) in [7, 11) is 0. The maximum atomic E-state index is 12.2. The van der Waals surface area contributed by atoms with Crippen LogP contribution in [0.3, 0.4) is 0 Å². The SMILES string of the molecule is CC.O=C(CCc1ccccc1)Nc1csc(-c2ccccc2Cl)c1C(=O)O. The summed E-state index contributed by atoms with van der Waals surface area (Å²) in [6.45, 7) is 4.00. The summed E-state index contributed by atoms with van der Waals surface area (Å²) >= 11 is 7.44. The number of carboxylic acid groups (broad SMARTS) is 1. The van der Waals surface area contributed by atoms with Gasteiger partial charge >= 0.3 is 5.97 Å². The van der Waals surface area contributed by atoms with Gasteiger partial charge in [-0.05, 0) is 18.1 Å². The Morgan fingerprint density at radius 1 is 1.04 bits per heavy atom. The number of rotatable bonds is 6. The van der Waals surface area contributed by atoms with Gasteiger partial charge in [0.1, 0.15) is 5.56 Å². The predicted octanol–water partition coefficient (Wildman–Crippen LogP) is 6.36. The molecule has 0 saturated carbocycles. The highest BCUT2D eigenvalue weighted by Crippen LogP contribution is 2.39. The van der Waals surface area contributed by atoms with Crippen molar-refractivity contribution in [1.29, 1.82) is 0 Å². The van der Waals surface area contributed by atoms with Crippen LogP contribution in [-0.2, 0) is 11.2 Å². The lowest BCUT2D eigenvalue weighted by atomic mass is 10.1. The van der Waals surface area contributed by atoms with Crippen LogP contribution in [0.4, 0.5) is 5.69 Å². The Labute approximate surface area is 173 Å². The van der Waals surface area contributed by atoms with E-state index in [4.69, 9.17) is 11.6 Å². The van der Waals surface area contributed by atoms with Gasteiger partial charge in [-0.1, -0.05) is 74.0 Å². The van der Waals surface area contributed by atoms with Crippen LogP contribution in [0.15, 0.2) is 60.0 Å². The molecule has 0 atom stereocenters. The molecule has 2 aromatic carbocycles. The molecule has 0 aliphatic heterocycles. The van der Waals surface area contributed by atoms with Gasteiger partial charge in [-0.15, -0.1) is 11.3 Å². The maximum Gasteiger partial charge on any atom is 0.339 e. The molecule has 1 heterocycles. The zero-order chi connectivity index (χ0) is 20.5. The Kier molecular flexibility index (Phi) is 8.23. The number of aryl methyl sites for hydroxylation is 1. The average molecular weight is 416 g/mol. The normalized spacial score (nSPS) is 9.96. The predicted molar refractivity (Wildman–Crippen MR) is 116 cm³/mol. The zero-order valence-electron chi connectivity index (χ0n) is 15.7. The zero-order valence-corrected chi connectivity index (χ0v) is 17.3. The largest absolute Gasteiger partial charge is 0.478 e. The van der Waals surface area contributed by atoms with E-state index in [1.165, 1.54) is 11.3 Å². The van der Waals surface area contributed by atoms with E-state index in [1.54, 1.807) is 29.6 Å². The van der Waals surface area contributed by atoms with E-state index in [2.05, 4.69) is 5.32 Å². The Hall–Kier alpha value is -2.63. The van der Waals surface area contributed by atoms with Gasteiger partial charge in [0.15, 0.2) is 0 Å². The average Bonchev–Trinajstić information content (AvgIpc) is 3.12. The van der Waals surface area contributed by atoms with Crippen LogP contribution < -0.4 is 5.32 Å². The van der Waals surface area contributed by atoms with Gasteiger partial charge in [0.2, 0.25) is 5.91 Å². The van der Waals surface area contributed by atoms with Crippen molar-refractivity contribution in [2.75, 3.05) is 5.32 Å². The molecule has 1 amide bonds. The van der Waals surface area contributed by atoms with E-state index < -0.39 is 5.97 Å². The first-order valence-electron chi connectivity index (χ1n) is 8.99. The smallest absolute Gasteiger partial charge is 0.339 e. The van der Waals surface area contributed by atoms with E-state index in [1.807, 2.05) is 44.2 Å². The Morgan fingerprint density at radius 2 is 1.68 bits per heavy atom. The Morgan fingerprint density at radius 3 is 2.32 bits per heavy atom. The maximum absolute atomic E-state index is 12.2. The van der Waals surface area contributed by atoms with Crippen LogP contribution in [0.25, 0.3) is 10.4 Å². The molecule has 2 N–H and O–H groups in total. The quantitative estimate of drug-likeness (QED) is 0.491. The summed E-state index contributed by atoms with van der Waals surface area (Å²) in [5.41, 5.74) is 2.07.